The number of fused-ring (bicyclic) bond motifs is 1. The Kier molecular flexibility index (Phi) is 1.70. The van der Waals surface area contributed by atoms with Crippen molar-refractivity contribution in [1.82, 2.24) is 0 Å². The van der Waals surface area contributed by atoms with Crippen molar-refractivity contribution in [2.45, 2.75) is 6.23 Å². The first-order valence-corrected chi connectivity index (χ1v) is 5.37. The predicted molar refractivity (Wildman–Crippen MR) is 57.8 cm³/mol. The summed E-state index contributed by atoms with van der Waals surface area (Å²) < 4.78 is 5.75. The average Bonchev–Trinajstić information content (AvgIpc) is 2.86. The Labute approximate surface area is 86.2 Å². The maximum absolute atomic E-state index is 5.75. The zero-order chi connectivity index (χ0) is 9.38. The first-order chi connectivity index (χ1) is 6.93. The molecule has 0 bridgehead atoms. The minimum Gasteiger partial charge on any atom is -0.463 e. The van der Waals surface area contributed by atoms with E-state index in [9.17, 15) is 0 Å². The second kappa shape index (κ2) is 3.03. The molecule has 14 heavy (non-hydrogen) atoms. The van der Waals surface area contributed by atoms with Crippen molar-refractivity contribution in [2.75, 3.05) is 5.32 Å². The maximum Gasteiger partial charge on any atom is 0.205 e. The van der Waals surface area contributed by atoms with Crippen molar-refractivity contribution in [2.24, 2.45) is 0 Å². The van der Waals surface area contributed by atoms with Crippen molar-refractivity contribution in [1.29, 1.82) is 0 Å². The molecule has 2 aromatic rings. The van der Waals surface area contributed by atoms with Crippen molar-refractivity contribution >= 4 is 17.0 Å². The zero-order valence-corrected chi connectivity index (χ0v) is 8.25. The molecule has 0 aliphatic carbocycles. The molecule has 0 fully saturated rings. The summed E-state index contributed by atoms with van der Waals surface area (Å²) in [4.78, 5) is 1.21. The van der Waals surface area contributed by atoms with Gasteiger partial charge in [-0.2, -0.15) is 0 Å². The fourth-order valence-electron chi connectivity index (χ4n) is 1.56. The predicted octanol–water partition coefficient (Wildman–Crippen LogP) is 3.25. The molecule has 0 saturated carbocycles. The monoisotopic (exact) mass is 203 g/mol. The summed E-state index contributed by atoms with van der Waals surface area (Å²) in [6, 6.07) is 12.1. The SMILES string of the molecule is c1csc([C@H]2Nc3ccccc3O2)c1. The Morgan fingerprint density at radius 3 is 2.86 bits per heavy atom. The van der Waals surface area contributed by atoms with Gasteiger partial charge in [0.15, 0.2) is 0 Å². The number of rotatable bonds is 1. The van der Waals surface area contributed by atoms with Crippen molar-refractivity contribution in [3.63, 3.8) is 0 Å². The first-order valence-electron chi connectivity index (χ1n) is 4.49. The number of benzene rings is 1. The van der Waals surface area contributed by atoms with Gasteiger partial charge in [0.2, 0.25) is 6.23 Å². The van der Waals surface area contributed by atoms with Crippen LogP contribution in [-0.2, 0) is 0 Å². The lowest BCUT2D eigenvalue weighted by molar-refractivity contribution is 0.264. The molecule has 3 heteroatoms. The van der Waals surface area contributed by atoms with Crippen LogP contribution in [0.15, 0.2) is 41.8 Å². The number of thiophene rings is 1. The fourth-order valence-corrected chi connectivity index (χ4v) is 2.26. The summed E-state index contributed by atoms with van der Waals surface area (Å²) in [5.41, 5.74) is 1.07. The lowest BCUT2D eigenvalue weighted by Crippen LogP contribution is -2.07. The quantitative estimate of drug-likeness (QED) is 0.768. The Balaban J connectivity index is 1.92. The highest BCUT2D eigenvalue weighted by Crippen LogP contribution is 2.38. The van der Waals surface area contributed by atoms with Crippen LogP contribution in [0.2, 0.25) is 0 Å². The molecular weight excluding hydrogens is 194 g/mol. The molecule has 1 atom stereocenters. The molecule has 70 valence electrons. The lowest BCUT2D eigenvalue weighted by atomic mass is 10.3. The number of anilines is 1. The van der Waals surface area contributed by atoms with Crippen LogP contribution in [0, 0.1) is 0 Å². The highest BCUT2D eigenvalue weighted by Gasteiger charge is 2.22. The molecule has 0 saturated heterocycles. The van der Waals surface area contributed by atoms with E-state index in [1.807, 2.05) is 30.3 Å². The van der Waals surface area contributed by atoms with Crippen LogP contribution in [-0.4, -0.2) is 0 Å². The standard InChI is InChI=1S/C11H9NOS/c1-2-5-9-8(4-1)12-11(13-9)10-6-3-7-14-10/h1-7,11-12H/t11-/m0/s1. The zero-order valence-electron chi connectivity index (χ0n) is 7.44. The van der Waals surface area contributed by atoms with Gasteiger partial charge in [0.25, 0.3) is 0 Å². The van der Waals surface area contributed by atoms with E-state index < -0.39 is 0 Å². The third kappa shape index (κ3) is 1.17. The molecule has 0 radical (unpaired) electrons. The van der Waals surface area contributed by atoms with Gasteiger partial charge in [-0.05, 0) is 23.6 Å². The molecule has 1 aliphatic rings. The fraction of sp³-hybridized carbons (Fsp3) is 0.0909. The molecule has 1 N–H and O–H groups in total. The summed E-state index contributed by atoms with van der Waals surface area (Å²) in [6.45, 7) is 0. The van der Waals surface area contributed by atoms with Gasteiger partial charge in [-0.3, -0.25) is 0 Å². The number of nitrogens with one attached hydrogen (secondary N) is 1. The van der Waals surface area contributed by atoms with Crippen LogP contribution in [0.5, 0.6) is 5.75 Å². The molecule has 0 unspecified atom stereocenters. The van der Waals surface area contributed by atoms with Crippen LogP contribution < -0.4 is 10.1 Å². The topological polar surface area (TPSA) is 21.3 Å². The highest BCUT2D eigenvalue weighted by atomic mass is 32.1. The van der Waals surface area contributed by atoms with E-state index in [2.05, 4.69) is 16.8 Å². The Morgan fingerprint density at radius 2 is 2.07 bits per heavy atom. The van der Waals surface area contributed by atoms with Crippen molar-refractivity contribution < 1.29 is 4.74 Å². The van der Waals surface area contributed by atoms with Gasteiger partial charge in [0.1, 0.15) is 5.75 Å². The Morgan fingerprint density at radius 1 is 1.14 bits per heavy atom. The number of para-hydroxylation sites is 2. The van der Waals surface area contributed by atoms with Gasteiger partial charge in [0.05, 0.1) is 10.6 Å². The van der Waals surface area contributed by atoms with Crippen LogP contribution in [0.3, 0.4) is 0 Å². The number of hydrogen-bond acceptors (Lipinski definition) is 3. The maximum atomic E-state index is 5.75. The van der Waals surface area contributed by atoms with Crippen LogP contribution in [0.25, 0.3) is 0 Å². The first kappa shape index (κ1) is 7.88. The van der Waals surface area contributed by atoms with E-state index in [1.165, 1.54) is 4.88 Å². The van der Waals surface area contributed by atoms with Crippen LogP contribution in [0.4, 0.5) is 5.69 Å². The summed E-state index contributed by atoms with van der Waals surface area (Å²) in [6.07, 6.45) is -0.00704. The summed E-state index contributed by atoms with van der Waals surface area (Å²) in [5.74, 6) is 0.936. The Bertz CT molecular complexity index is 413. The summed E-state index contributed by atoms with van der Waals surface area (Å²) in [7, 11) is 0. The molecule has 3 rings (SSSR count). The number of hydrogen-bond donors (Lipinski definition) is 1. The largest absolute Gasteiger partial charge is 0.463 e. The number of ether oxygens (including phenoxy) is 1. The van der Waals surface area contributed by atoms with E-state index >= 15 is 0 Å². The van der Waals surface area contributed by atoms with Crippen molar-refractivity contribution in [3.05, 3.63) is 46.7 Å². The molecule has 1 aromatic heterocycles. The van der Waals surface area contributed by atoms with Gasteiger partial charge < -0.3 is 10.1 Å². The van der Waals surface area contributed by atoms with Crippen LogP contribution >= 0.6 is 11.3 Å². The second-order valence-electron chi connectivity index (χ2n) is 3.15. The summed E-state index contributed by atoms with van der Waals surface area (Å²) in [5, 5.41) is 5.38. The minimum absolute atomic E-state index is 0.00704. The van der Waals surface area contributed by atoms with Crippen LogP contribution in [0.1, 0.15) is 11.1 Å². The Hall–Kier alpha value is -1.48. The molecule has 2 nitrogen and oxygen atoms in total. The van der Waals surface area contributed by atoms with Gasteiger partial charge >= 0.3 is 0 Å². The molecule has 1 aliphatic heterocycles. The lowest BCUT2D eigenvalue weighted by Gasteiger charge is -2.07. The normalized spacial score (nSPS) is 18.4. The van der Waals surface area contributed by atoms with Gasteiger partial charge in [-0.25, -0.2) is 0 Å². The van der Waals surface area contributed by atoms with E-state index in [4.69, 9.17) is 4.74 Å². The van der Waals surface area contributed by atoms with Gasteiger partial charge in [-0.15, -0.1) is 11.3 Å². The second-order valence-corrected chi connectivity index (χ2v) is 4.13. The van der Waals surface area contributed by atoms with Gasteiger partial charge in [-0.1, -0.05) is 18.2 Å². The molecular formula is C11H9NOS. The van der Waals surface area contributed by atoms with Gasteiger partial charge in [0, 0.05) is 0 Å². The summed E-state index contributed by atoms with van der Waals surface area (Å²) >= 11 is 1.70. The smallest absolute Gasteiger partial charge is 0.205 e. The molecule has 0 amide bonds. The van der Waals surface area contributed by atoms with E-state index in [1.54, 1.807) is 11.3 Å². The van der Waals surface area contributed by atoms with E-state index in [-0.39, 0.29) is 6.23 Å². The highest BCUT2D eigenvalue weighted by molar-refractivity contribution is 7.10. The average molecular weight is 203 g/mol. The molecule has 0 spiro atoms. The third-order valence-corrected chi connectivity index (χ3v) is 3.14. The molecule has 1 aromatic carbocycles. The van der Waals surface area contributed by atoms with E-state index in [0.29, 0.717) is 0 Å². The third-order valence-electron chi connectivity index (χ3n) is 2.22. The van der Waals surface area contributed by atoms with E-state index in [0.717, 1.165) is 11.4 Å². The molecule has 2 heterocycles. The van der Waals surface area contributed by atoms with Crippen molar-refractivity contribution in [3.8, 4) is 5.75 Å². The minimum atomic E-state index is -0.00704.